The van der Waals surface area contributed by atoms with Crippen LogP contribution in [0.4, 0.5) is 4.79 Å². The molecule has 2 amide bonds. The van der Waals surface area contributed by atoms with E-state index in [1.165, 1.54) is 19.1 Å². The van der Waals surface area contributed by atoms with Crippen LogP contribution in [0.3, 0.4) is 0 Å². The molecule has 2 N–H and O–H groups in total. The molecule has 2 atom stereocenters. The minimum Gasteiger partial charge on any atom is -0.530 e. The molecular formula is C14H17N5O5. The van der Waals surface area contributed by atoms with E-state index in [1.807, 2.05) is 0 Å². The Morgan fingerprint density at radius 1 is 1.46 bits per heavy atom. The first-order valence-corrected chi connectivity index (χ1v) is 7.04. The SMILES string of the molecule is COc1ccc(CN2C(=O)[C@@H](NC(=O)[O-])[C@H]2CN=[N+]=N)c(OC)c1. The van der Waals surface area contributed by atoms with Gasteiger partial charge < -0.3 is 29.6 Å². The summed E-state index contributed by atoms with van der Waals surface area (Å²) in [6, 6.07) is 3.68. The molecule has 0 aliphatic carbocycles. The van der Waals surface area contributed by atoms with Gasteiger partial charge in [0.05, 0.1) is 20.3 Å². The summed E-state index contributed by atoms with van der Waals surface area (Å²) in [6.45, 7) is 0.216. The summed E-state index contributed by atoms with van der Waals surface area (Å²) < 4.78 is 10.4. The zero-order valence-electron chi connectivity index (χ0n) is 13.2. The van der Waals surface area contributed by atoms with Crippen molar-refractivity contribution >= 4 is 12.0 Å². The van der Waals surface area contributed by atoms with E-state index in [9.17, 15) is 14.7 Å². The summed E-state index contributed by atoms with van der Waals surface area (Å²) in [6.07, 6.45) is -1.54. The molecule has 24 heavy (non-hydrogen) atoms. The number of carboxylic acid groups (broad SMARTS) is 1. The van der Waals surface area contributed by atoms with Gasteiger partial charge in [0.1, 0.15) is 40.8 Å². The van der Waals surface area contributed by atoms with Gasteiger partial charge in [-0.15, -0.1) is 0 Å². The summed E-state index contributed by atoms with van der Waals surface area (Å²) in [5.41, 5.74) is 7.45. The molecule has 128 valence electrons. The normalized spacial score (nSPS) is 19.1. The number of carbonyl (C=O) groups excluding carboxylic acids is 2. The Balaban J connectivity index is 2.19. The lowest BCUT2D eigenvalue weighted by Crippen LogP contribution is -2.72. The fraction of sp³-hybridized carbons (Fsp3) is 0.429. The average Bonchev–Trinajstić information content (AvgIpc) is 2.59. The summed E-state index contributed by atoms with van der Waals surface area (Å²) in [5.74, 6) is 0.753. The van der Waals surface area contributed by atoms with Crippen molar-refractivity contribution in [1.29, 1.82) is 5.53 Å². The van der Waals surface area contributed by atoms with Crippen LogP contribution >= 0.6 is 0 Å². The van der Waals surface area contributed by atoms with Crippen molar-refractivity contribution in [2.45, 2.75) is 18.6 Å². The van der Waals surface area contributed by atoms with E-state index in [-0.39, 0.29) is 13.1 Å². The van der Waals surface area contributed by atoms with Crippen molar-refractivity contribution in [2.24, 2.45) is 5.11 Å². The zero-order valence-corrected chi connectivity index (χ0v) is 13.2. The Labute approximate surface area is 137 Å². The average molecular weight is 335 g/mol. The minimum atomic E-state index is -1.54. The molecule has 1 heterocycles. The fourth-order valence-electron chi connectivity index (χ4n) is 2.58. The largest absolute Gasteiger partial charge is 0.530 e. The summed E-state index contributed by atoms with van der Waals surface area (Å²) in [5, 5.41) is 16.3. The van der Waals surface area contributed by atoms with Gasteiger partial charge in [-0.05, 0) is 12.1 Å². The lowest BCUT2D eigenvalue weighted by Gasteiger charge is -2.46. The lowest BCUT2D eigenvalue weighted by atomic mass is 9.94. The van der Waals surface area contributed by atoms with E-state index in [2.05, 4.69) is 15.3 Å². The molecule has 0 spiro atoms. The fourth-order valence-corrected chi connectivity index (χ4v) is 2.58. The van der Waals surface area contributed by atoms with Crippen LogP contribution in [-0.4, -0.2) is 49.7 Å². The predicted octanol–water partition coefficient (Wildman–Crippen LogP) is -0.734. The van der Waals surface area contributed by atoms with Crippen LogP contribution in [-0.2, 0) is 11.3 Å². The predicted molar refractivity (Wildman–Crippen MR) is 78.4 cm³/mol. The van der Waals surface area contributed by atoms with Crippen LogP contribution in [0.2, 0.25) is 0 Å². The molecule has 0 radical (unpaired) electrons. The number of nitrogens with zero attached hydrogens (tertiary/aromatic N) is 3. The zero-order chi connectivity index (χ0) is 17.7. The smallest absolute Gasteiger partial charge is 0.248 e. The second-order valence-electron chi connectivity index (χ2n) is 5.04. The van der Waals surface area contributed by atoms with Crippen molar-refractivity contribution in [3.63, 3.8) is 0 Å². The van der Waals surface area contributed by atoms with E-state index in [4.69, 9.17) is 15.0 Å². The number of hydrogen-bond donors (Lipinski definition) is 2. The van der Waals surface area contributed by atoms with Crippen molar-refractivity contribution in [3.8, 4) is 11.5 Å². The quantitative estimate of drug-likeness (QED) is 0.384. The topological polar surface area (TPSA) is 141 Å². The maximum Gasteiger partial charge on any atom is 0.248 e. The number of ether oxygens (including phenoxy) is 2. The van der Waals surface area contributed by atoms with Crippen molar-refractivity contribution < 1.29 is 24.2 Å². The van der Waals surface area contributed by atoms with Crippen LogP contribution in [0.25, 0.3) is 0 Å². The Morgan fingerprint density at radius 3 is 2.79 bits per heavy atom. The molecule has 0 unspecified atom stereocenters. The van der Waals surface area contributed by atoms with E-state index in [1.54, 1.807) is 18.2 Å². The Kier molecular flexibility index (Phi) is 5.33. The number of hydrogen-bond acceptors (Lipinski definition) is 7. The Bertz CT molecular complexity index is 688. The van der Waals surface area contributed by atoms with Gasteiger partial charge >= 0.3 is 0 Å². The number of β-lactam (4-membered cyclic amide) rings is 1. The Morgan fingerprint density at radius 2 is 2.21 bits per heavy atom. The maximum atomic E-state index is 12.2. The molecule has 0 saturated carbocycles. The van der Waals surface area contributed by atoms with Gasteiger partial charge in [-0.3, -0.25) is 4.79 Å². The number of nitrogens with one attached hydrogen (secondary N) is 2. The van der Waals surface area contributed by atoms with Crippen LogP contribution in [0, 0.1) is 5.53 Å². The highest BCUT2D eigenvalue weighted by Gasteiger charge is 2.48. The third-order valence-electron chi connectivity index (χ3n) is 3.78. The summed E-state index contributed by atoms with van der Waals surface area (Å²) in [4.78, 5) is 27.2. The highest BCUT2D eigenvalue weighted by atomic mass is 16.5. The van der Waals surface area contributed by atoms with Crippen LogP contribution in [0.1, 0.15) is 5.56 Å². The number of amides is 2. The van der Waals surface area contributed by atoms with Gasteiger partial charge in [-0.25, -0.2) is 0 Å². The molecule has 1 saturated heterocycles. The number of carbonyl (C=O) groups is 2. The third-order valence-corrected chi connectivity index (χ3v) is 3.78. The Hall–Kier alpha value is -3.13. The lowest BCUT2D eigenvalue weighted by molar-refractivity contribution is -0.253. The van der Waals surface area contributed by atoms with E-state index in [0.29, 0.717) is 11.5 Å². The first-order chi connectivity index (χ1) is 11.5. The molecule has 1 aliphatic rings. The third kappa shape index (κ3) is 3.44. The molecule has 1 aliphatic heterocycles. The van der Waals surface area contributed by atoms with Crippen molar-refractivity contribution in [2.75, 3.05) is 20.8 Å². The monoisotopic (exact) mass is 335 g/mol. The summed E-state index contributed by atoms with van der Waals surface area (Å²) >= 11 is 0. The maximum absolute atomic E-state index is 12.2. The molecule has 10 nitrogen and oxygen atoms in total. The van der Waals surface area contributed by atoms with Crippen molar-refractivity contribution in [1.82, 2.24) is 15.1 Å². The second-order valence-corrected chi connectivity index (χ2v) is 5.04. The van der Waals surface area contributed by atoms with E-state index in [0.717, 1.165) is 5.56 Å². The van der Waals surface area contributed by atoms with Gasteiger partial charge in [0.25, 0.3) is 0 Å². The molecule has 10 heteroatoms. The number of methoxy groups -OCH3 is 2. The molecular weight excluding hydrogens is 318 g/mol. The standard InChI is InChI=1S/C14H17N5O5/c1-23-9-4-3-8(11(5-9)24-2)7-19-10(6-16-18-15)12(13(19)20)17-14(21)22/h3-5,10,12,15,17H,6-7H2,1-2H3/t10-,12+/m1/s1. The van der Waals surface area contributed by atoms with Crippen LogP contribution in [0.15, 0.2) is 23.3 Å². The molecule has 2 rings (SSSR count). The first-order valence-electron chi connectivity index (χ1n) is 7.04. The van der Waals surface area contributed by atoms with Gasteiger partial charge in [-0.1, -0.05) is 0 Å². The molecule has 1 fully saturated rings. The molecule has 1 aromatic carbocycles. The number of rotatable bonds is 7. The van der Waals surface area contributed by atoms with Gasteiger partial charge in [0, 0.05) is 18.2 Å². The van der Waals surface area contributed by atoms with Gasteiger partial charge in [0.15, 0.2) is 0 Å². The number of benzene rings is 1. The van der Waals surface area contributed by atoms with E-state index < -0.39 is 24.1 Å². The van der Waals surface area contributed by atoms with Crippen LogP contribution in [0.5, 0.6) is 11.5 Å². The minimum absolute atomic E-state index is 0.0126. The first kappa shape index (κ1) is 17.2. The molecule has 0 aromatic heterocycles. The van der Waals surface area contributed by atoms with E-state index >= 15 is 0 Å². The molecule has 1 aromatic rings. The van der Waals surface area contributed by atoms with Crippen molar-refractivity contribution in [3.05, 3.63) is 23.8 Å². The second kappa shape index (κ2) is 7.42. The summed E-state index contributed by atoms with van der Waals surface area (Å²) in [7, 11) is 3.04. The highest BCUT2D eigenvalue weighted by molar-refractivity contribution is 5.92. The van der Waals surface area contributed by atoms with Gasteiger partial charge in [-0.2, -0.15) is 0 Å². The number of likely N-dealkylation sites (tertiary alicyclic amines) is 1. The molecule has 0 bridgehead atoms. The van der Waals surface area contributed by atoms with Crippen LogP contribution < -0.4 is 24.8 Å². The highest BCUT2D eigenvalue weighted by Crippen LogP contribution is 2.30. The van der Waals surface area contributed by atoms with Gasteiger partial charge in [0.2, 0.25) is 10.8 Å².